The maximum Gasteiger partial charge on any atom is 0.255 e. The van der Waals surface area contributed by atoms with Gasteiger partial charge in [0.25, 0.3) is 5.91 Å². The summed E-state index contributed by atoms with van der Waals surface area (Å²) in [6, 6.07) is 6.74. The molecule has 0 unspecified atom stereocenters. The van der Waals surface area contributed by atoms with Gasteiger partial charge in [-0.1, -0.05) is 23.7 Å². The third kappa shape index (κ3) is 2.44. The molecule has 1 aromatic carbocycles. The molecule has 1 aliphatic heterocycles. The highest BCUT2D eigenvalue weighted by Gasteiger charge is 2.31. The number of carbonyl (C=O) groups excluding carboxylic acids is 1. The number of hydrogen-bond acceptors (Lipinski definition) is 3. The average Bonchev–Trinajstić information content (AvgIpc) is 2.74. The van der Waals surface area contributed by atoms with E-state index in [9.17, 15) is 9.90 Å². The summed E-state index contributed by atoms with van der Waals surface area (Å²) in [5, 5.41) is 13.2. The number of rotatable bonds is 2. The number of β-amino-alcohol motifs (C(OH)–C–C–N with tert-alkyl or cyclic N) is 1. The molecular weight excluding hydrogens is 240 g/mol. The van der Waals surface area contributed by atoms with Gasteiger partial charge in [-0.3, -0.25) is 4.79 Å². The van der Waals surface area contributed by atoms with Crippen molar-refractivity contribution in [3.05, 3.63) is 34.9 Å². The number of nitrogens with one attached hydrogen (secondary N) is 1. The molecule has 2 N–H and O–H groups in total. The fourth-order valence-corrected chi connectivity index (χ4v) is 2.24. The topological polar surface area (TPSA) is 52.6 Å². The normalized spacial score (nSPS) is 23.7. The van der Waals surface area contributed by atoms with Crippen molar-refractivity contribution < 1.29 is 9.90 Å². The first-order valence-electron chi connectivity index (χ1n) is 5.51. The summed E-state index contributed by atoms with van der Waals surface area (Å²) in [6.07, 6.45) is -0.522. The Bertz CT molecular complexity index is 425. The van der Waals surface area contributed by atoms with E-state index >= 15 is 0 Å². The van der Waals surface area contributed by atoms with Crippen LogP contribution in [0.4, 0.5) is 0 Å². The number of likely N-dealkylation sites (N-methyl/N-ethyl adjacent to an activating group) is 1. The first-order chi connectivity index (χ1) is 8.11. The van der Waals surface area contributed by atoms with Gasteiger partial charge in [0.2, 0.25) is 0 Å². The molecule has 92 valence electrons. The Morgan fingerprint density at radius 3 is 2.76 bits per heavy atom. The average molecular weight is 255 g/mol. The minimum atomic E-state index is -0.522. The van der Waals surface area contributed by atoms with Gasteiger partial charge in [-0.05, 0) is 12.1 Å². The van der Waals surface area contributed by atoms with Crippen LogP contribution in [0.3, 0.4) is 0 Å². The van der Waals surface area contributed by atoms with Crippen LogP contribution in [0.1, 0.15) is 10.4 Å². The van der Waals surface area contributed by atoms with Crippen molar-refractivity contribution in [1.82, 2.24) is 10.2 Å². The van der Waals surface area contributed by atoms with E-state index in [0.717, 1.165) is 0 Å². The fourth-order valence-electron chi connectivity index (χ4n) is 2.02. The number of benzene rings is 1. The second kappa shape index (κ2) is 5.04. The molecule has 0 aromatic heterocycles. The Hall–Kier alpha value is -1.10. The maximum atomic E-state index is 12.2. The molecule has 2 atom stereocenters. The van der Waals surface area contributed by atoms with Crippen LogP contribution in [0.5, 0.6) is 0 Å². The monoisotopic (exact) mass is 254 g/mol. The molecule has 1 heterocycles. The predicted molar refractivity (Wildman–Crippen MR) is 66.2 cm³/mol. The molecule has 5 heteroatoms. The highest BCUT2D eigenvalue weighted by atomic mass is 35.5. The first-order valence-corrected chi connectivity index (χ1v) is 5.89. The molecule has 1 amide bonds. The molecule has 0 radical (unpaired) electrons. The van der Waals surface area contributed by atoms with Gasteiger partial charge in [0.05, 0.1) is 22.7 Å². The van der Waals surface area contributed by atoms with Gasteiger partial charge in [-0.15, -0.1) is 0 Å². The predicted octanol–water partition coefficient (Wildman–Crippen LogP) is 0.745. The second-order valence-corrected chi connectivity index (χ2v) is 4.60. The van der Waals surface area contributed by atoms with Gasteiger partial charge in [0.15, 0.2) is 0 Å². The molecule has 17 heavy (non-hydrogen) atoms. The quantitative estimate of drug-likeness (QED) is 0.819. The number of amides is 1. The standard InChI is InChI=1S/C12H15ClN2O2/c1-15(10-6-14-7-11(10)16)12(17)8-4-2-3-5-9(8)13/h2-5,10-11,14,16H,6-7H2,1H3/t10-,11-/m0/s1. The molecule has 0 saturated carbocycles. The molecule has 1 aliphatic rings. The van der Waals surface area contributed by atoms with Gasteiger partial charge in [-0.25, -0.2) is 0 Å². The first kappa shape index (κ1) is 12.4. The lowest BCUT2D eigenvalue weighted by Crippen LogP contribution is -2.44. The van der Waals surface area contributed by atoms with Crippen LogP contribution in [0.2, 0.25) is 5.02 Å². The van der Waals surface area contributed by atoms with Gasteiger partial charge in [-0.2, -0.15) is 0 Å². The van der Waals surface area contributed by atoms with Crippen molar-refractivity contribution in [2.75, 3.05) is 20.1 Å². The van der Waals surface area contributed by atoms with Crippen LogP contribution in [-0.2, 0) is 0 Å². The fraction of sp³-hybridized carbons (Fsp3) is 0.417. The third-order valence-corrected chi connectivity index (χ3v) is 3.40. The summed E-state index contributed by atoms with van der Waals surface area (Å²) in [5.41, 5.74) is 0.468. The molecule has 0 bridgehead atoms. The van der Waals surface area contributed by atoms with Crippen molar-refractivity contribution in [2.45, 2.75) is 12.1 Å². The minimum Gasteiger partial charge on any atom is -0.390 e. The van der Waals surface area contributed by atoms with Crippen LogP contribution in [0.15, 0.2) is 24.3 Å². The van der Waals surface area contributed by atoms with Crippen LogP contribution >= 0.6 is 11.6 Å². The van der Waals surface area contributed by atoms with Crippen LogP contribution < -0.4 is 5.32 Å². The van der Waals surface area contributed by atoms with E-state index in [1.165, 1.54) is 0 Å². The van der Waals surface area contributed by atoms with E-state index in [2.05, 4.69) is 5.32 Å². The van der Waals surface area contributed by atoms with Gasteiger partial charge in [0, 0.05) is 20.1 Å². The van der Waals surface area contributed by atoms with E-state index in [1.54, 1.807) is 36.2 Å². The summed E-state index contributed by atoms with van der Waals surface area (Å²) in [5.74, 6) is -0.164. The highest BCUT2D eigenvalue weighted by Crippen LogP contribution is 2.19. The summed E-state index contributed by atoms with van der Waals surface area (Å²) >= 11 is 5.98. The Morgan fingerprint density at radius 2 is 2.18 bits per heavy atom. The lowest BCUT2D eigenvalue weighted by Gasteiger charge is -2.26. The van der Waals surface area contributed by atoms with Crippen LogP contribution in [0.25, 0.3) is 0 Å². The Kier molecular flexibility index (Phi) is 3.66. The third-order valence-electron chi connectivity index (χ3n) is 3.07. The number of hydrogen-bond donors (Lipinski definition) is 2. The van der Waals surface area contributed by atoms with Gasteiger partial charge in [0.1, 0.15) is 0 Å². The van der Waals surface area contributed by atoms with Crippen molar-refractivity contribution in [2.24, 2.45) is 0 Å². The number of carbonyl (C=O) groups is 1. The largest absolute Gasteiger partial charge is 0.390 e. The summed E-state index contributed by atoms with van der Waals surface area (Å²) in [7, 11) is 1.69. The Labute approximate surface area is 105 Å². The van der Waals surface area contributed by atoms with Gasteiger partial charge >= 0.3 is 0 Å². The lowest BCUT2D eigenvalue weighted by molar-refractivity contribution is 0.0581. The van der Waals surface area contributed by atoms with Crippen LogP contribution in [0, 0.1) is 0 Å². The SMILES string of the molecule is CN(C(=O)c1ccccc1Cl)[C@H]1CNC[C@@H]1O. The number of nitrogens with zero attached hydrogens (tertiary/aromatic N) is 1. The van der Waals surface area contributed by atoms with Crippen molar-refractivity contribution in [3.8, 4) is 0 Å². The highest BCUT2D eigenvalue weighted by molar-refractivity contribution is 6.33. The minimum absolute atomic E-state index is 0.164. The zero-order valence-electron chi connectivity index (χ0n) is 9.56. The summed E-state index contributed by atoms with van der Waals surface area (Å²) in [6.45, 7) is 1.12. The van der Waals surface area contributed by atoms with E-state index < -0.39 is 6.10 Å². The molecule has 0 aliphatic carbocycles. The number of aliphatic hydroxyl groups is 1. The molecule has 1 saturated heterocycles. The zero-order chi connectivity index (χ0) is 12.4. The Morgan fingerprint density at radius 1 is 1.47 bits per heavy atom. The van der Waals surface area contributed by atoms with Crippen molar-refractivity contribution in [1.29, 1.82) is 0 Å². The second-order valence-electron chi connectivity index (χ2n) is 4.19. The molecule has 2 rings (SSSR count). The smallest absolute Gasteiger partial charge is 0.255 e. The van der Waals surface area contributed by atoms with E-state index in [1.807, 2.05) is 0 Å². The van der Waals surface area contributed by atoms with Gasteiger partial charge < -0.3 is 15.3 Å². The number of halogens is 1. The Balaban J connectivity index is 2.17. The van der Waals surface area contributed by atoms with Crippen molar-refractivity contribution >= 4 is 17.5 Å². The molecule has 1 fully saturated rings. The molecule has 0 spiro atoms. The molecular formula is C12H15ClN2O2. The van der Waals surface area contributed by atoms with Crippen molar-refractivity contribution in [3.63, 3.8) is 0 Å². The summed E-state index contributed by atoms with van der Waals surface area (Å²) < 4.78 is 0. The lowest BCUT2D eigenvalue weighted by atomic mass is 10.1. The van der Waals surface area contributed by atoms with E-state index in [4.69, 9.17) is 11.6 Å². The number of aliphatic hydroxyl groups excluding tert-OH is 1. The molecule has 1 aromatic rings. The van der Waals surface area contributed by atoms with Crippen LogP contribution in [-0.4, -0.2) is 48.2 Å². The zero-order valence-corrected chi connectivity index (χ0v) is 10.3. The van der Waals surface area contributed by atoms with E-state index in [-0.39, 0.29) is 11.9 Å². The summed E-state index contributed by atoms with van der Waals surface area (Å²) in [4.78, 5) is 13.7. The molecule has 4 nitrogen and oxygen atoms in total. The van der Waals surface area contributed by atoms with E-state index in [0.29, 0.717) is 23.7 Å². The maximum absolute atomic E-state index is 12.2.